The summed E-state index contributed by atoms with van der Waals surface area (Å²) in [5.74, 6) is -2.05. The van der Waals surface area contributed by atoms with Crippen LogP contribution in [0.15, 0.2) is 12.1 Å². The van der Waals surface area contributed by atoms with Gasteiger partial charge in [0.25, 0.3) is 0 Å². The highest BCUT2D eigenvalue weighted by atomic mass is 35.5. The van der Waals surface area contributed by atoms with Gasteiger partial charge in [0.05, 0.1) is 17.3 Å². The summed E-state index contributed by atoms with van der Waals surface area (Å²) in [6.07, 6.45) is 2.11. The van der Waals surface area contributed by atoms with Crippen LogP contribution in [0, 0.1) is 11.6 Å². The number of nitrogens with one attached hydrogen (secondary N) is 2. The second-order valence-corrected chi connectivity index (χ2v) is 4.35. The van der Waals surface area contributed by atoms with Gasteiger partial charge in [-0.1, -0.05) is 11.6 Å². The number of hydrogen-bond donors (Lipinski definition) is 2. The second kappa shape index (κ2) is 4.98. The van der Waals surface area contributed by atoms with E-state index in [0.29, 0.717) is 12.1 Å². The van der Waals surface area contributed by atoms with Gasteiger partial charge in [0.1, 0.15) is 5.82 Å². The molecule has 2 N–H and O–H groups in total. The Kier molecular flexibility index (Phi) is 3.59. The van der Waals surface area contributed by atoms with E-state index in [1.807, 2.05) is 0 Å². The van der Waals surface area contributed by atoms with E-state index < -0.39 is 17.5 Å². The van der Waals surface area contributed by atoms with E-state index in [-0.39, 0.29) is 17.3 Å². The molecular formula is C11H11ClF2N2O. The van der Waals surface area contributed by atoms with Crippen molar-refractivity contribution >= 4 is 23.2 Å². The molecule has 0 spiro atoms. The lowest BCUT2D eigenvalue weighted by molar-refractivity contribution is -0.115. The van der Waals surface area contributed by atoms with Gasteiger partial charge < -0.3 is 10.6 Å². The van der Waals surface area contributed by atoms with Crippen LogP contribution < -0.4 is 10.6 Å². The molecule has 1 aliphatic rings. The molecule has 17 heavy (non-hydrogen) atoms. The molecule has 1 aliphatic carbocycles. The first-order chi connectivity index (χ1) is 8.06. The molecule has 0 unspecified atom stereocenters. The SMILES string of the molecule is O=C(CNC1CC1)Nc1c(F)cc(F)cc1Cl. The summed E-state index contributed by atoms with van der Waals surface area (Å²) < 4.78 is 26.1. The number of carbonyl (C=O) groups is 1. The van der Waals surface area contributed by atoms with Gasteiger partial charge in [-0.25, -0.2) is 8.78 Å². The van der Waals surface area contributed by atoms with E-state index >= 15 is 0 Å². The number of benzene rings is 1. The van der Waals surface area contributed by atoms with E-state index in [0.717, 1.165) is 18.9 Å². The quantitative estimate of drug-likeness (QED) is 0.872. The summed E-state index contributed by atoms with van der Waals surface area (Å²) in [6.45, 7) is 0.0951. The Bertz CT molecular complexity index is 426. The maximum absolute atomic E-state index is 13.3. The molecule has 0 bridgehead atoms. The lowest BCUT2D eigenvalue weighted by Gasteiger charge is -2.09. The Hall–Kier alpha value is -1.20. The summed E-state index contributed by atoms with van der Waals surface area (Å²) in [6, 6.07) is 2.01. The van der Waals surface area contributed by atoms with E-state index in [2.05, 4.69) is 10.6 Å². The largest absolute Gasteiger partial charge is 0.321 e. The van der Waals surface area contributed by atoms with Gasteiger partial charge in [0, 0.05) is 12.1 Å². The van der Waals surface area contributed by atoms with Crippen molar-refractivity contribution in [2.45, 2.75) is 18.9 Å². The number of carbonyl (C=O) groups excluding carboxylic acids is 1. The fourth-order valence-corrected chi connectivity index (χ4v) is 1.61. The van der Waals surface area contributed by atoms with Gasteiger partial charge in [-0.15, -0.1) is 0 Å². The Balaban J connectivity index is 1.99. The third-order valence-corrected chi connectivity index (χ3v) is 2.70. The van der Waals surface area contributed by atoms with Crippen LogP contribution >= 0.6 is 11.6 Å². The zero-order valence-corrected chi connectivity index (χ0v) is 9.65. The molecule has 1 amide bonds. The summed E-state index contributed by atoms with van der Waals surface area (Å²) in [4.78, 5) is 11.4. The molecule has 3 nitrogen and oxygen atoms in total. The third kappa shape index (κ3) is 3.38. The summed E-state index contributed by atoms with van der Waals surface area (Å²) >= 11 is 5.64. The average Bonchev–Trinajstić information content (AvgIpc) is 3.04. The summed E-state index contributed by atoms with van der Waals surface area (Å²) in [7, 11) is 0. The summed E-state index contributed by atoms with van der Waals surface area (Å²) in [5.41, 5.74) is -0.185. The van der Waals surface area contributed by atoms with E-state index in [1.54, 1.807) is 0 Å². The third-order valence-electron chi connectivity index (χ3n) is 2.40. The smallest absolute Gasteiger partial charge is 0.238 e. The molecule has 2 rings (SSSR count). The van der Waals surface area contributed by atoms with Crippen LogP contribution in [0.5, 0.6) is 0 Å². The van der Waals surface area contributed by atoms with Crippen molar-refractivity contribution < 1.29 is 13.6 Å². The molecule has 92 valence electrons. The Morgan fingerprint density at radius 3 is 2.71 bits per heavy atom. The highest BCUT2D eigenvalue weighted by molar-refractivity contribution is 6.33. The predicted octanol–water partition coefficient (Wildman–Crippen LogP) is 2.31. The first-order valence-electron chi connectivity index (χ1n) is 5.24. The molecular weight excluding hydrogens is 250 g/mol. The standard InChI is InChI=1S/C11H11ClF2N2O/c12-8-3-6(13)4-9(14)11(8)16-10(17)5-15-7-1-2-7/h3-4,7,15H,1-2,5H2,(H,16,17). The molecule has 1 aromatic rings. The molecule has 6 heteroatoms. The van der Waals surface area contributed by atoms with Crippen molar-refractivity contribution in [1.29, 1.82) is 0 Å². The van der Waals surface area contributed by atoms with E-state index in [4.69, 9.17) is 11.6 Å². The average molecular weight is 261 g/mol. The fraction of sp³-hybridized carbons (Fsp3) is 0.364. The van der Waals surface area contributed by atoms with Gasteiger partial charge in [-0.2, -0.15) is 0 Å². The zero-order valence-electron chi connectivity index (χ0n) is 8.90. The van der Waals surface area contributed by atoms with Crippen molar-refractivity contribution in [1.82, 2.24) is 5.32 Å². The van der Waals surface area contributed by atoms with Gasteiger partial charge in [-0.05, 0) is 18.9 Å². The van der Waals surface area contributed by atoms with Crippen LogP contribution in [-0.4, -0.2) is 18.5 Å². The van der Waals surface area contributed by atoms with Crippen LogP contribution in [0.2, 0.25) is 5.02 Å². The molecule has 1 aromatic carbocycles. The first kappa shape index (κ1) is 12.3. The van der Waals surface area contributed by atoms with Crippen LogP contribution in [0.3, 0.4) is 0 Å². The Labute approximate surface area is 102 Å². The molecule has 0 saturated heterocycles. The predicted molar refractivity (Wildman–Crippen MR) is 61.0 cm³/mol. The van der Waals surface area contributed by atoms with Crippen molar-refractivity contribution in [2.75, 3.05) is 11.9 Å². The minimum absolute atomic E-state index is 0.0951. The Morgan fingerprint density at radius 1 is 1.41 bits per heavy atom. The molecule has 0 radical (unpaired) electrons. The van der Waals surface area contributed by atoms with Crippen LogP contribution in [0.1, 0.15) is 12.8 Å². The molecule has 1 saturated carbocycles. The van der Waals surface area contributed by atoms with Crippen molar-refractivity contribution in [3.63, 3.8) is 0 Å². The van der Waals surface area contributed by atoms with Crippen LogP contribution in [-0.2, 0) is 4.79 Å². The van der Waals surface area contributed by atoms with Crippen molar-refractivity contribution in [2.24, 2.45) is 0 Å². The number of rotatable bonds is 4. The minimum atomic E-state index is -0.880. The molecule has 0 aliphatic heterocycles. The number of hydrogen-bond acceptors (Lipinski definition) is 2. The lowest BCUT2D eigenvalue weighted by atomic mass is 10.3. The molecule has 0 aromatic heterocycles. The summed E-state index contributed by atoms with van der Waals surface area (Å²) in [5, 5.41) is 5.14. The van der Waals surface area contributed by atoms with Gasteiger partial charge >= 0.3 is 0 Å². The van der Waals surface area contributed by atoms with Crippen LogP contribution in [0.25, 0.3) is 0 Å². The van der Waals surface area contributed by atoms with Gasteiger partial charge in [0.2, 0.25) is 5.91 Å². The lowest BCUT2D eigenvalue weighted by Crippen LogP contribution is -2.29. The van der Waals surface area contributed by atoms with Crippen molar-refractivity contribution in [3.05, 3.63) is 28.8 Å². The maximum Gasteiger partial charge on any atom is 0.238 e. The molecule has 0 atom stereocenters. The monoisotopic (exact) mass is 260 g/mol. The topological polar surface area (TPSA) is 41.1 Å². The first-order valence-corrected chi connectivity index (χ1v) is 5.62. The minimum Gasteiger partial charge on any atom is -0.321 e. The van der Waals surface area contributed by atoms with Gasteiger partial charge in [0.15, 0.2) is 5.82 Å². The molecule has 0 heterocycles. The number of anilines is 1. The maximum atomic E-state index is 13.3. The number of amides is 1. The molecule has 1 fully saturated rings. The van der Waals surface area contributed by atoms with E-state index in [1.165, 1.54) is 0 Å². The zero-order chi connectivity index (χ0) is 12.4. The number of halogens is 3. The Morgan fingerprint density at radius 2 is 2.12 bits per heavy atom. The highest BCUT2D eigenvalue weighted by Gasteiger charge is 2.21. The van der Waals surface area contributed by atoms with Gasteiger partial charge in [-0.3, -0.25) is 4.79 Å². The van der Waals surface area contributed by atoms with E-state index in [9.17, 15) is 13.6 Å². The van der Waals surface area contributed by atoms with Crippen LogP contribution in [0.4, 0.5) is 14.5 Å². The normalized spacial score (nSPS) is 14.8. The second-order valence-electron chi connectivity index (χ2n) is 3.95. The fourth-order valence-electron chi connectivity index (χ4n) is 1.37. The highest BCUT2D eigenvalue weighted by Crippen LogP contribution is 2.26. The van der Waals surface area contributed by atoms with Crippen molar-refractivity contribution in [3.8, 4) is 0 Å².